The number of benzene rings is 1. The van der Waals surface area contributed by atoms with Crippen molar-refractivity contribution in [2.24, 2.45) is 5.73 Å². The molecule has 4 nitrogen and oxygen atoms in total. The largest absolute Gasteiger partial charge is 0.368 e. The van der Waals surface area contributed by atoms with Gasteiger partial charge in [0.15, 0.2) is 0 Å². The maximum Gasteiger partial charge on any atom is 0.239 e. The number of nitrogens with two attached hydrogens (primary N) is 1. The van der Waals surface area contributed by atoms with Crippen molar-refractivity contribution < 1.29 is 4.79 Å². The van der Waals surface area contributed by atoms with Gasteiger partial charge in [-0.25, -0.2) is 0 Å². The molecule has 0 spiro atoms. The standard InChI is InChI=1S/C15H25N3O/c1-4-18(5-2)11-10-17-14(15(16)19)13-8-6-12(3)7-9-13/h6-9,14,17H,4-5,10-11H2,1-3H3,(H2,16,19). The van der Waals surface area contributed by atoms with E-state index in [0.29, 0.717) is 0 Å². The summed E-state index contributed by atoms with van der Waals surface area (Å²) in [6.07, 6.45) is 0. The molecule has 0 saturated heterocycles. The molecule has 1 atom stereocenters. The molecule has 106 valence electrons. The topological polar surface area (TPSA) is 58.4 Å². The first-order valence-electron chi connectivity index (χ1n) is 6.90. The molecule has 1 amide bonds. The van der Waals surface area contributed by atoms with Crippen LogP contribution in [0.1, 0.15) is 31.0 Å². The van der Waals surface area contributed by atoms with Crippen molar-refractivity contribution in [2.75, 3.05) is 26.2 Å². The number of nitrogens with zero attached hydrogens (tertiary/aromatic N) is 1. The van der Waals surface area contributed by atoms with Crippen molar-refractivity contribution in [3.63, 3.8) is 0 Å². The molecule has 4 heteroatoms. The van der Waals surface area contributed by atoms with Crippen LogP contribution in [0.3, 0.4) is 0 Å². The van der Waals surface area contributed by atoms with Gasteiger partial charge >= 0.3 is 0 Å². The van der Waals surface area contributed by atoms with E-state index in [-0.39, 0.29) is 5.91 Å². The van der Waals surface area contributed by atoms with Gasteiger partial charge in [-0.15, -0.1) is 0 Å². The van der Waals surface area contributed by atoms with Crippen LogP contribution in [0.15, 0.2) is 24.3 Å². The number of rotatable bonds is 8. The molecule has 0 radical (unpaired) electrons. The van der Waals surface area contributed by atoms with E-state index in [2.05, 4.69) is 24.1 Å². The Hall–Kier alpha value is -1.39. The van der Waals surface area contributed by atoms with Crippen LogP contribution < -0.4 is 11.1 Å². The predicted octanol–water partition coefficient (Wildman–Crippen LogP) is 1.45. The van der Waals surface area contributed by atoms with E-state index >= 15 is 0 Å². The third kappa shape index (κ3) is 5.01. The average Bonchev–Trinajstić information content (AvgIpc) is 2.40. The van der Waals surface area contributed by atoms with Crippen molar-refractivity contribution in [1.82, 2.24) is 10.2 Å². The number of amides is 1. The van der Waals surface area contributed by atoms with E-state index in [1.165, 1.54) is 5.56 Å². The third-order valence-electron chi connectivity index (χ3n) is 3.37. The van der Waals surface area contributed by atoms with Gasteiger partial charge in [0.25, 0.3) is 0 Å². The van der Waals surface area contributed by atoms with E-state index < -0.39 is 6.04 Å². The number of hydrogen-bond acceptors (Lipinski definition) is 3. The van der Waals surface area contributed by atoms with Gasteiger partial charge in [0, 0.05) is 13.1 Å². The molecule has 1 aromatic rings. The molecule has 0 aliphatic carbocycles. The van der Waals surface area contributed by atoms with Crippen molar-refractivity contribution in [3.8, 4) is 0 Å². The Morgan fingerprint density at radius 2 is 1.84 bits per heavy atom. The Labute approximate surface area is 116 Å². The monoisotopic (exact) mass is 263 g/mol. The number of hydrogen-bond donors (Lipinski definition) is 2. The van der Waals surface area contributed by atoms with Crippen LogP contribution in [0, 0.1) is 6.92 Å². The number of likely N-dealkylation sites (N-methyl/N-ethyl adjacent to an activating group) is 1. The molecule has 1 aromatic carbocycles. The van der Waals surface area contributed by atoms with Crippen molar-refractivity contribution in [2.45, 2.75) is 26.8 Å². The first-order chi connectivity index (χ1) is 9.08. The van der Waals surface area contributed by atoms with Crippen LogP contribution in [0.4, 0.5) is 0 Å². The summed E-state index contributed by atoms with van der Waals surface area (Å²) >= 11 is 0. The maximum atomic E-state index is 11.5. The third-order valence-corrected chi connectivity index (χ3v) is 3.37. The highest BCUT2D eigenvalue weighted by atomic mass is 16.1. The molecule has 3 N–H and O–H groups in total. The summed E-state index contributed by atoms with van der Waals surface area (Å²) in [6, 6.07) is 7.50. The second-order valence-electron chi connectivity index (χ2n) is 4.73. The zero-order valence-electron chi connectivity index (χ0n) is 12.1. The summed E-state index contributed by atoms with van der Waals surface area (Å²) in [6.45, 7) is 10.0. The zero-order chi connectivity index (χ0) is 14.3. The van der Waals surface area contributed by atoms with Crippen LogP contribution in [-0.2, 0) is 4.79 Å². The Morgan fingerprint density at radius 1 is 1.26 bits per heavy atom. The molecule has 0 saturated carbocycles. The van der Waals surface area contributed by atoms with Gasteiger partial charge in [-0.05, 0) is 25.6 Å². The Bertz CT molecular complexity index is 385. The van der Waals surface area contributed by atoms with Gasteiger partial charge in [0.2, 0.25) is 5.91 Å². The van der Waals surface area contributed by atoms with Gasteiger partial charge in [-0.2, -0.15) is 0 Å². The van der Waals surface area contributed by atoms with E-state index in [1.807, 2.05) is 31.2 Å². The second-order valence-corrected chi connectivity index (χ2v) is 4.73. The number of nitrogens with one attached hydrogen (secondary N) is 1. The lowest BCUT2D eigenvalue weighted by molar-refractivity contribution is -0.120. The lowest BCUT2D eigenvalue weighted by Crippen LogP contribution is -2.38. The average molecular weight is 263 g/mol. The SMILES string of the molecule is CCN(CC)CCNC(C(N)=O)c1ccc(C)cc1. The Morgan fingerprint density at radius 3 is 2.32 bits per heavy atom. The highest BCUT2D eigenvalue weighted by Crippen LogP contribution is 2.13. The van der Waals surface area contributed by atoms with Crippen LogP contribution in [0.5, 0.6) is 0 Å². The summed E-state index contributed by atoms with van der Waals surface area (Å²) in [4.78, 5) is 13.9. The van der Waals surface area contributed by atoms with E-state index in [1.54, 1.807) is 0 Å². The number of carbonyl (C=O) groups excluding carboxylic acids is 1. The van der Waals surface area contributed by atoms with E-state index in [9.17, 15) is 4.79 Å². The normalized spacial score (nSPS) is 12.6. The molecule has 0 bridgehead atoms. The molecular formula is C15H25N3O. The quantitative estimate of drug-likeness (QED) is 0.746. The van der Waals surface area contributed by atoms with Gasteiger partial charge in [0.05, 0.1) is 0 Å². The fraction of sp³-hybridized carbons (Fsp3) is 0.533. The molecule has 0 heterocycles. The van der Waals surface area contributed by atoms with Gasteiger partial charge in [-0.3, -0.25) is 4.79 Å². The van der Waals surface area contributed by atoms with Gasteiger partial charge in [0.1, 0.15) is 6.04 Å². The van der Waals surface area contributed by atoms with Crippen LogP contribution in [0.2, 0.25) is 0 Å². The minimum atomic E-state index is -0.406. The summed E-state index contributed by atoms with van der Waals surface area (Å²) < 4.78 is 0. The predicted molar refractivity (Wildman–Crippen MR) is 78.9 cm³/mol. The molecular weight excluding hydrogens is 238 g/mol. The molecule has 0 fully saturated rings. The lowest BCUT2D eigenvalue weighted by Gasteiger charge is -2.21. The minimum absolute atomic E-state index is 0.330. The molecule has 0 aliphatic heterocycles. The molecule has 0 aromatic heterocycles. The van der Waals surface area contributed by atoms with Crippen LogP contribution in [0.25, 0.3) is 0 Å². The Kier molecular flexibility index (Phi) is 6.53. The van der Waals surface area contributed by atoms with Crippen LogP contribution in [-0.4, -0.2) is 37.0 Å². The highest BCUT2D eigenvalue weighted by molar-refractivity contribution is 5.81. The molecule has 19 heavy (non-hydrogen) atoms. The van der Waals surface area contributed by atoms with Gasteiger partial charge < -0.3 is 16.0 Å². The zero-order valence-corrected chi connectivity index (χ0v) is 12.1. The maximum absolute atomic E-state index is 11.5. The smallest absolute Gasteiger partial charge is 0.239 e. The molecule has 1 unspecified atom stereocenters. The number of primary amides is 1. The Balaban J connectivity index is 2.59. The highest BCUT2D eigenvalue weighted by Gasteiger charge is 2.16. The van der Waals surface area contributed by atoms with Crippen molar-refractivity contribution in [3.05, 3.63) is 35.4 Å². The summed E-state index contributed by atoms with van der Waals surface area (Å²) in [5.41, 5.74) is 7.58. The summed E-state index contributed by atoms with van der Waals surface area (Å²) in [5.74, 6) is -0.330. The summed E-state index contributed by atoms with van der Waals surface area (Å²) in [7, 11) is 0. The van der Waals surface area contributed by atoms with E-state index in [4.69, 9.17) is 5.73 Å². The minimum Gasteiger partial charge on any atom is -0.368 e. The first-order valence-corrected chi connectivity index (χ1v) is 6.90. The number of aryl methyl sites for hydroxylation is 1. The van der Waals surface area contributed by atoms with Crippen molar-refractivity contribution in [1.29, 1.82) is 0 Å². The fourth-order valence-electron chi connectivity index (χ4n) is 2.05. The lowest BCUT2D eigenvalue weighted by atomic mass is 10.0. The molecule has 0 aliphatic rings. The summed E-state index contributed by atoms with van der Waals surface area (Å²) in [5, 5.41) is 3.24. The fourth-order valence-corrected chi connectivity index (χ4v) is 2.05. The molecule has 1 rings (SSSR count). The first kappa shape index (κ1) is 15.7. The second kappa shape index (κ2) is 7.92. The van der Waals surface area contributed by atoms with Crippen molar-refractivity contribution >= 4 is 5.91 Å². The van der Waals surface area contributed by atoms with Crippen LogP contribution >= 0.6 is 0 Å². The van der Waals surface area contributed by atoms with Gasteiger partial charge in [-0.1, -0.05) is 43.7 Å². The number of carbonyl (C=O) groups is 1. The van der Waals surface area contributed by atoms with E-state index in [0.717, 1.165) is 31.7 Å².